The largest absolute Gasteiger partial charge is 0.462 e. The predicted molar refractivity (Wildman–Crippen MR) is 66.1 cm³/mol. The second-order valence-electron chi connectivity index (χ2n) is 5.91. The van der Waals surface area contributed by atoms with Crippen LogP contribution >= 0.6 is 0 Å². The number of alkyl halides is 13. The summed E-state index contributed by atoms with van der Waals surface area (Å²) in [6.07, 6.45) is -27.0. The SMILES string of the molecule is C=C(C(=O)OC1(C(F)(F)F)OC(CC)(C(F)(F)F)C(F)(F)C(O)C1(F)F)C(F)(F)F. The Morgan fingerprint density at radius 1 is 0.967 bits per heavy atom. The Bertz CT molecular complexity index is 707. The molecule has 1 rings (SSSR count). The minimum atomic E-state index is -7.05. The van der Waals surface area contributed by atoms with Crippen LogP contribution in [0.2, 0.25) is 0 Å². The Morgan fingerprint density at radius 2 is 1.40 bits per heavy atom. The maximum atomic E-state index is 14.2. The van der Waals surface area contributed by atoms with Gasteiger partial charge in [-0.1, -0.05) is 13.5 Å². The molecular weight excluding hydrogens is 467 g/mol. The van der Waals surface area contributed by atoms with Gasteiger partial charge in [-0.25, -0.2) is 4.79 Å². The van der Waals surface area contributed by atoms with Crippen molar-refractivity contribution >= 4 is 5.97 Å². The Morgan fingerprint density at radius 3 is 1.70 bits per heavy atom. The van der Waals surface area contributed by atoms with Gasteiger partial charge in [0.1, 0.15) is 5.57 Å². The molecule has 0 amide bonds. The summed E-state index contributed by atoms with van der Waals surface area (Å²) < 4.78 is 180. The molecule has 0 aromatic carbocycles. The summed E-state index contributed by atoms with van der Waals surface area (Å²) >= 11 is 0. The van der Waals surface area contributed by atoms with Gasteiger partial charge in [-0.3, -0.25) is 0 Å². The third-order valence-electron chi connectivity index (χ3n) is 4.14. The van der Waals surface area contributed by atoms with Gasteiger partial charge < -0.3 is 14.6 Å². The topological polar surface area (TPSA) is 55.8 Å². The number of rotatable bonds is 3. The summed E-state index contributed by atoms with van der Waals surface area (Å²) in [6.45, 7) is 2.00. The van der Waals surface area contributed by atoms with E-state index in [2.05, 4.69) is 9.47 Å². The van der Waals surface area contributed by atoms with Crippen molar-refractivity contribution in [2.45, 2.75) is 61.2 Å². The number of carbonyl (C=O) groups excluding carboxylic acids is 1. The number of aliphatic hydroxyl groups excluding tert-OH is 1. The summed E-state index contributed by atoms with van der Waals surface area (Å²) in [5.41, 5.74) is -8.46. The molecule has 0 aromatic rings. The second kappa shape index (κ2) is 6.86. The fraction of sp³-hybridized carbons (Fsp3) is 0.769. The Balaban J connectivity index is 3.88. The van der Waals surface area contributed by atoms with E-state index < -0.39 is 65.8 Å². The van der Waals surface area contributed by atoms with E-state index in [4.69, 9.17) is 5.11 Å². The molecule has 176 valence electrons. The lowest BCUT2D eigenvalue weighted by Gasteiger charge is -2.55. The summed E-state index contributed by atoms with van der Waals surface area (Å²) in [4.78, 5) is 11.3. The van der Waals surface area contributed by atoms with Crippen molar-refractivity contribution in [2.75, 3.05) is 0 Å². The van der Waals surface area contributed by atoms with Gasteiger partial charge in [0.25, 0.3) is 0 Å². The van der Waals surface area contributed by atoms with E-state index in [0.717, 1.165) is 0 Å². The zero-order chi connectivity index (χ0) is 24.4. The molecule has 30 heavy (non-hydrogen) atoms. The summed E-state index contributed by atoms with van der Waals surface area (Å²) in [5.74, 6) is -22.6. The average molecular weight is 476 g/mol. The molecule has 0 bridgehead atoms. The molecule has 3 atom stereocenters. The Hall–Kier alpha value is -1.78. The molecule has 4 nitrogen and oxygen atoms in total. The smallest absolute Gasteiger partial charge is 0.414 e. The molecule has 0 aromatic heterocycles. The van der Waals surface area contributed by atoms with Crippen LogP contribution < -0.4 is 0 Å². The van der Waals surface area contributed by atoms with Crippen LogP contribution in [0.4, 0.5) is 57.1 Å². The number of aliphatic hydroxyl groups is 1. The Kier molecular flexibility index (Phi) is 6.01. The number of ether oxygens (including phenoxy) is 2. The van der Waals surface area contributed by atoms with Crippen molar-refractivity contribution in [2.24, 2.45) is 0 Å². The second-order valence-corrected chi connectivity index (χ2v) is 5.91. The average Bonchev–Trinajstić information content (AvgIpc) is 2.52. The molecule has 1 aliphatic heterocycles. The highest BCUT2D eigenvalue weighted by Crippen LogP contribution is 2.63. The van der Waals surface area contributed by atoms with E-state index >= 15 is 0 Å². The van der Waals surface area contributed by atoms with E-state index in [1.165, 1.54) is 0 Å². The molecule has 1 fully saturated rings. The van der Waals surface area contributed by atoms with Crippen molar-refractivity contribution in [3.63, 3.8) is 0 Å². The van der Waals surface area contributed by atoms with Crippen molar-refractivity contribution in [3.05, 3.63) is 12.2 Å². The summed E-state index contributed by atoms with van der Waals surface area (Å²) in [5, 5.41) is 9.09. The minimum absolute atomic E-state index is 0.0924. The van der Waals surface area contributed by atoms with Gasteiger partial charge in [0.2, 0.25) is 5.60 Å². The van der Waals surface area contributed by atoms with Gasteiger partial charge >= 0.3 is 42.1 Å². The van der Waals surface area contributed by atoms with Crippen molar-refractivity contribution < 1.29 is 76.5 Å². The zero-order valence-electron chi connectivity index (χ0n) is 14.1. The van der Waals surface area contributed by atoms with Crippen molar-refractivity contribution in [1.82, 2.24) is 0 Å². The summed E-state index contributed by atoms with van der Waals surface area (Å²) in [7, 11) is 0. The molecule has 0 radical (unpaired) electrons. The standard InChI is InChI=1S/C13H9F13O4/c1-3-7(12(21,22)23)8(14,15)6(28)9(16,17)11(30-7,13(24,25)26)29-5(27)4(2)10(18,19)20/h6,28H,2-3H2,1H3. The molecule has 1 N–H and O–H groups in total. The Labute approximate surface area is 157 Å². The maximum Gasteiger partial charge on any atom is 0.462 e. The van der Waals surface area contributed by atoms with Crippen molar-refractivity contribution in [3.8, 4) is 0 Å². The molecule has 17 heteroatoms. The molecule has 1 aliphatic rings. The molecular formula is C13H9F13O4. The first-order valence-corrected chi connectivity index (χ1v) is 7.23. The van der Waals surface area contributed by atoms with E-state index in [1.54, 1.807) is 0 Å². The first kappa shape index (κ1) is 26.3. The van der Waals surface area contributed by atoms with Crippen LogP contribution in [-0.2, 0) is 14.3 Å². The first-order chi connectivity index (χ1) is 13.0. The van der Waals surface area contributed by atoms with Crippen LogP contribution in [-0.4, -0.2) is 58.9 Å². The van der Waals surface area contributed by atoms with Gasteiger partial charge in [-0.2, -0.15) is 57.1 Å². The molecule has 1 heterocycles. The highest BCUT2D eigenvalue weighted by atomic mass is 19.4. The molecule has 0 aliphatic carbocycles. The normalized spacial score (nSPS) is 31.9. The lowest BCUT2D eigenvalue weighted by molar-refractivity contribution is -0.538. The molecule has 0 spiro atoms. The van der Waals surface area contributed by atoms with Crippen LogP contribution in [0.15, 0.2) is 12.2 Å². The quantitative estimate of drug-likeness (QED) is 0.376. The molecule has 3 unspecified atom stereocenters. The number of hydrogen-bond acceptors (Lipinski definition) is 4. The van der Waals surface area contributed by atoms with E-state index in [1.807, 2.05) is 6.58 Å². The summed E-state index contributed by atoms with van der Waals surface area (Å²) in [6, 6.07) is 0. The third kappa shape index (κ3) is 3.38. The van der Waals surface area contributed by atoms with Gasteiger partial charge in [-0.05, 0) is 6.42 Å². The number of carbonyl (C=O) groups is 1. The van der Waals surface area contributed by atoms with Gasteiger partial charge in [0, 0.05) is 0 Å². The van der Waals surface area contributed by atoms with Crippen LogP contribution in [0.5, 0.6) is 0 Å². The lowest BCUT2D eigenvalue weighted by Crippen LogP contribution is -2.83. The number of hydrogen-bond donors (Lipinski definition) is 1. The predicted octanol–water partition coefficient (Wildman–Crippen LogP) is 4.28. The molecule has 0 saturated carbocycles. The number of halogens is 13. The van der Waals surface area contributed by atoms with Crippen LogP contribution in [0.1, 0.15) is 13.3 Å². The highest BCUT2D eigenvalue weighted by molar-refractivity contribution is 5.89. The van der Waals surface area contributed by atoms with E-state index in [-0.39, 0.29) is 6.92 Å². The van der Waals surface area contributed by atoms with Gasteiger partial charge in [-0.15, -0.1) is 0 Å². The monoisotopic (exact) mass is 476 g/mol. The fourth-order valence-electron chi connectivity index (χ4n) is 2.47. The third-order valence-corrected chi connectivity index (χ3v) is 4.14. The minimum Gasteiger partial charge on any atom is -0.414 e. The fourth-order valence-corrected chi connectivity index (χ4v) is 2.47. The highest BCUT2D eigenvalue weighted by Gasteiger charge is 2.92. The van der Waals surface area contributed by atoms with Gasteiger partial charge in [0.15, 0.2) is 6.10 Å². The van der Waals surface area contributed by atoms with Crippen LogP contribution in [0, 0.1) is 0 Å². The first-order valence-electron chi connectivity index (χ1n) is 7.23. The van der Waals surface area contributed by atoms with Crippen LogP contribution in [0.3, 0.4) is 0 Å². The lowest BCUT2D eigenvalue weighted by atomic mass is 9.79. The van der Waals surface area contributed by atoms with Gasteiger partial charge in [0.05, 0.1) is 0 Å². The molecule has 1 saturated heterocycles. The van der Waals surface area contributed by atoms with Crippen molar-refractivity contribution in [1.29, 1.82) is 0 Å². The zero-order valence-corrected chi connectivity index (χ0v) is 14.1. The van der Waals surface area contributed by atoms with E-state index in [9.17, 15) is 61.9 Å². The van der Waals surface area contributed by atoms with Crippen LogP contribution in [0.25, 0.3) is 0 Å². The van der Waals surface area contributed by atoms with E-state index in [0.29, 0.717) is 0 Å². The number of esters is 1. The maximum absolute atomic E-state index is 14.2.